The van der Waals surface area contributed by atoms with Gasteiger partial charge in [-0.2, -0.15) is 0 Å². The number of benzene rings is 2. The van der Waals surface area contributed by atoms with Crippen molar-refractivity contribution in [3.63, 3.8) is 0 Å². The number of para-hydroxylation sites is 1. The minimum Gasteiger partial charge on any atom is -0.300 e. The highest BCUT2D eigenvalue weighted by Crippen LogP contribution is 2.30. The Bertz CT molecular complexity index is 1070. The maximum absolute atomic E-state index is 12.3. The Labute approximate surface area is 146 Å². The average molecular weight is 358 g/mol. The molecular weight excluding hydrogens is 346 g/mol. The van der Waals surface area contributed by atoms with Gasteiger partial charge in [-0.3, -0.25) is 4.79 Å². The van der Waals surface area contributed by atoms with Crippen LogP contribution in [0.25, 0.3) is 21.3 Å². The lowest BCUT2D eigenvalue weighted by Crippen LogP contribution is -2.19. The molecular formula is C16H12ClN5OS. The van der Waals surface area contributed by atoms with Crippen molar-refractivity contribution in [3.05, 3.63) is 47.0 Å². The Morgan fingerprint density at radius 3 is 3.04 bits per heavy atom. The van der Waals surface area contributed by atoms with E-state index in [4.69, 9.17) is 11.6 Å². The third-order valence-corrected chi connectivity index (χ3v) is 4.75. The van der Waals surface area contributed by atoms with Crippen LogP contribution in [-0.2, 0) is 11.3 Å². The minimum absolute atomic E-state index is 0.0795. The van der Waals surface area contributed by atoms with Gasteiger partial charge in [0.15, 0.2) is 5.13 Å². The first-order valence-electron chi connectivity index (χ1n) is 7.25. The number of nitrogens with one attached hydrogen (secondary N) is 1. The van der Waals surface area contributed by atoms with Crippen LogP contribution in [0.3, 0.4) is 0 Å². The van der Waals surface area contributed by atoms with Crippen molar-refractivity contribution in [2.75, 3.05) is 5.32 Å². The maximum Gasteiger partial charge on any atom is 0.247 e. The molecule has 0 unspecified atom stereocenters. The zero-order valence-electron chi connectivity index (χ0n) is 12.7. The third kappa shape index (κ3) is 2.72. The topological polar surface area (TPSA) is 72.7 Å². The van der Waals surface area contributed by atoms with E-state index in [1.54, 1.807) is 4.68 Å². The molecule has 0 spiro atoms. The van der Waals surface area contributed by atoms with Gasteiger partial charge in [0.25, 0.3) is 0 Å². The highest BCUT2D eigenvalue weighted by Gasteiger charge is 2.12. The fourth-order valence-electron chi connectivity index (χ4n) is 2.54. The fraction of sp³-hybridized carbons (Fsp3) is 0.125. The maximum atomic E-state index is 12.3. The molecule has 24 heavy (non-hydrogen) atoms. The molecule has 0 atom stereocenters. The van der Waals surface area contributed by atoms with E-state index < -0.39 is 0 Å². The van der Waals surface area contributed by atoms with E-state index in [0.29, 0.717) is 10.2 Å². The number of rotatable bonds is 3. The molecule has 4 rings (SSSR count). The number of thiazole rings is 1. The molecule has 8 heteroatoms. The van der Waals surface area contributed by atoms with Crippen LogP contribution in [0, 0.1) is 6.92 Å². The zero-order valence-corrected chi connectivity index (χ0v) is 14.2. The fourth-order valence-corrected chi connectivity index (χ4v) is 3.87. The van der Waals surface area contributed by atoms with Crippen molar-refractivity contribution in [3.8, 4) is 0 Å². The molecule has 1 amide bonds. The van der Waals surface area contributed by atoms with Crippen molar-refractivity contribution < 1.29 is 4.79 Å². The number of anilines is 1. The van der Waals surface area contributed by atoms with Gasteiger partial charge in [0.1, 0.15) is 12.1 Å². The minimum atomic E-state index is -0.201. The van der Waals surface area contributed by atoms with Crippen LogP contribution >= 0.6 is 22.9 Å². The summed E-state index contributed by atoms with van der Waals surface area (Å²) in [6.45, 7) is 2.03. The quantitative estimate of drug-likeness (QED) is 0.607. The summed E-state index contributed by atoms with van der Waals surface area (Å²) in [6, 6.07) is 11.2. The molecule has 0 saturated carbocycles. The van der Waals surface area contributed by atoms with Gasteiger partial charge in [-0.1, -0.05) is 40.3 Å². The summed E-state index contributed by atoms with van der Waals surface area (Å²) in [5.41, 5.74) is 3.41. The van der Waals surface area contributed by atoms with E-state index in [1.807, 2.05) is 43.3 Å². The number of hydrogen-bond acceptors (Lipinski definition) is 5. The van der Waals surface area contributed by atoms with Gasteiger partial charge < -0.3 is 5.32 Å². The van der Waals surface area contributed by atoms with Crippen molar-refractivity contribution in [1.29, 1.82) is 0 Å². The van der Waals surface area contributed by atoms with Gasteiger partial charge in [0, 0.05) is 5.02 Å². The van der Waals surface area contributed by atoms with E-state index >= 15 is 0 Å². The molecule has 0 aliphatic heterocycles. The first-order chi connectivity index (χ1) is 11.6. The Morgan fingerprint density at radius 1 is 1.33 bits per heavy atom. The van der Waals surface area contributed by atoms with Gasteiger partial charge in [0.05, 0.1) is 15.7 Å². The first kappa shape index (κ1) is 15.0. The number of amides is 1. The van der Waals surface area contributed by atoms with Gasteiger partial charge in [-0.15, -0.1) is 5.10 Å². The predicted octanol–water partition coefficient (Wildman–Crippen LogP) is 3.64. The van der Waals surface area contributed by atoms with E-state index in [0.717, 1.165) is 26.8 Å². The molecule has 6 nitrogen and oxygen atoms in total. The molecule has 0 saturated heterocycles. The summed E-state index contributed by atoms with van der Waals surface area (Å²) < 4.78 is 2.52. The van der Waals surface area contributed by atoms with Gasteiger partial charge >= 0.3 is 0 Å². The average Bonchev–Trinajstić information content (AvgIpc) is 3.12. The van der Waals surface area contributed by atoms with Crippen LogP contribution in [0.4, 0.5) is 5.13 Å². The van der Waals surface area contributed by atoms with Crippen LogP contribution in [0.15, 0.2) is 36.4 Å². The number of nitrogens with zero attached hydrogens (tertiary/aromatic N) is 4. The SMILES string of the molecule is Cc1cc(Cl)cc2sc(NC(=O)Cn3nnc4ccccc43)nc12. The van der Waals surface area contributed by atoms with Crippen LogP contribution in [0.5, 0.6) is 0 Å². The van der Waals surface area contributed by atoms with Gasteiger partial charge in [0.2, 0.25) is 5.91 Å². The molecule has 2 aromatic heterocycles. The van der Waals surface area contributed by atoms with Crippen LogP contribution in [0.2, 0.25) is 5.02 Å². The predicted molar refractivity (Wildman–Crippen MR) is 95.5 cm³/mol. The Balaban J connectivity index is 1.57. The zero-order chi connectivity index (χ0) is 16.7. The molecule has 0 fully saturated rings. The van der Waals surface area contributed by atoms with Crippen molar-refractivity contribution in [1.82, 2.24) is 20.0 Å². The van der Waals surface area contributed by atoms with Crippen LogP contribution in [0.1, 0.15) is 5.56 Å². The molecule has 120 valence electrons. The first-order valence-corrected chi connectivity index (χ1v) is 8.44. The Morgan fingerprint density at radius 2 is 2.17 bits per heavy atom. The standard InChI is InChI=1S/C16H12ClN5OS/c1-9-6-10(17)7-13-15(9)19-16(24-13)18-14(23)8-22-12-5-3-2-4-11(12)20-21-22/h2-7H,8H2,1H3,(H,18,19,23). The van der Waals surface area contributed by atoms with E-state index in [9.17, 15) is 4.79 Å². The lowest BCUT2D eigenvalue weighted by Gasteiger charge is -2.02. The van der Waals surface area contributed by atoms with Gasteiger partial charge in [-0.25, -0.2) is 9.67 Å². The second-order valence-corrected chi connectivity index (χ2v) is 6.84. The Kier molecular flexibility index (Phi) is 3.66. The van der Waals surface area contributed by atoms with E-state index in [-0.39, 0.29) is 12.5 Å². The largest absolute Gasteiger partial charge is 0.300 e. The molecule has 2 heterocycles. The molecule has 4 aromatic rings. The number of carbonyl (C=O) groups excluding carboxylic acids is 1. The highest BCUT2D eigenvalue weighted by molar-refractivity contribution is 7.22. The smallest absolute Gasteiger partial charge is 0.247 e. The summed E-state index contributed by atoms with van der Waals surface area (Å²) in [7, 11) is 0. The number of halogens is 1. The second kappa shape index (κ2) is 5.85. The lowest BCUT2D eigenvalue weighted by molar-refractivity contribution is -0.116. The van der Waals surface area contributed by atoms with Crippen molar-refractivity contribution >= 4 is 55.2 Å². The van der Waals surface area contributed by atoms with Crippen LogP contribution in [-0.4, -0.2) is 25.9 Å². The summed E-state index contributed by atoms with van der Waals surface area (Å²) >= 11 is 7.46. The number of hydrogen-bond donors (Lipinski definition) is 1. The number of aryl methyl sites for hydroxylation is 1. The molecule has 2 aromatic carbocycles. The molecule has 0 bridgehead atoms. The molecule has 0 aliphatic carbocycles. The van der Waals surface area contributed by atoms with E-state index in [2.05, 4.69) is 20.6 Å². The highest BCUT2D eigenvalue weighted by atomic mass is 35.5. The summed E-state index contributed by atoms with van der Waals surface area (Å²) in [5.74, 6) is -0.201. The molecule has 0 radical (unpaired) electrons. The second-order valence-electron chi connectivity index (χ2n) is 5.37. The van der Waals surface area contributed by atoms with E-state index in [1.165, 1.54) is 11.3 Å². The van der Waals surface area contributed by atoms with Crippen molar-refractivity contribution in [2.24, 2.45) is 0 Å². The lowest BCUT2D eigenvalue weighted by atomic mass is 10.2. The number of carbonyl (C=O) groups is 1. The normalized spacial score (nSPS) is 11.2. The van der Waals surface area contributed by atoms with Crippen molar-refractivity contribution in [2.45, 2.75) is 13.5 Å². The summed E-state index contributed by atoms with van der Waals surface area (Å²) in [5, 5.41) is 12.1. The monoisotopic (exact) mass is 357 g/mol. The van der Waals surface area contributed by atoms with Gasteiger partial charge in [-0.05, 0) is 36.8 Å². The van der Waals surface area contributed by atoms with Crippen LogP contribution < -0.4 is 5.32 Å². The summed E-state index contributed by atoms with van der Waals surface area (Å²) in [6.07, 6.45) is 0. The third-order valence-electron chi connectivity index (χ3n) is 3.61. The Hall–Kier alpha value is -2.51. The number of fused-ring (bicyclic) bond motifs is 2. The molecule has 1 N–H and O–H groups in total. The molecule has 0 aliphatic rings. The number of aromatic nitrogens is 4. The summed E-state index contributed by atoms with van der Waals surface area (Å²) in [4.78, 5) is 16.8.